The highest BCUT2D eigenvalue weighted by Gasteiger charge is 2.37. The predicted octanol–water partition coefficient (Wildman–Crippen LogP) is 5.86. The molecule has 0 aliphatic carbocycles. The second kappa shape index (κ2) is 8.02. The van der Waals surface area contributed by atoms with Crippen molar-refractivity contribution in [2.24, 2.45) is 0 Å². The Labute approximate surface area is 184 Å². The van der Waals surface area contributed by atoms with E-state index in [1.165, 1.54) is 10.8 Å². The monoisotopic (exact) mass is 425 g/mol. The van der Waals surface area contributed by atoms with E-state index in [9.17, 15) is 0 Å². The van der Waals surface area contributed by atoms with E-state index >= 15 is 4.57 Å². The van der Waals surface area contributed by atoms with Gasteiger partial charge in [-0.1, -0.05) is 91.0 Å². The Kier molecular flexibility index (Phi) is 5.20. The highest BCUT2D eigenvalue weighted by Crippen LogP contribution is 2.48. The summed E-state index contributed by atoms with van der Waals surface area (Å²) < 4.78 is 15.2. The van der Waals surface area contributed by atoms with Gasteiger partial charge in [-0.25, -0.2) is 0 Å². The Bertz CT molecular complexity index is 1200. The predicted molar refractivity (Wildman–Crippen MR) is 134 cm³/mol. The largest absolute Gasteiger partial charge is 0.365 e. The summed E-state index contributed by atoms with van der Waals surface area (Å²) in [6.07, 6.45) is 2.32. The third-order valence-corrected chi connectivity index (χ3v) is 9.76. The summed E-state index contributed by atoms with van der Waals surface area (Å²) in [6, 6.07) is 33.6. The molecule has 31 heavy (non-hydrogen) atoms. The lowest BCUT2D eigenvalue weighted by atomic mass is 10.1. The molecule has 3 heteroatoms. The number of anilines is 1. The Balaban J connectivity index is 1.88. The molecular weight excluding hydrogens is 397 g/mol. The molecule has 0 aromatic heterocycles. The van der Waals surface area contributed by atoms with Crippen molar-refractivity contribution < 1.29 is 4.57 Å². The van der Waals surface area contributed by atoms with E-state index in [4.69, 9.17) is 0 Å². The van der Waals surface area contributed by atoms with Crippen LogP contribution in [0.2, 0.25) is 0 Å². The summed E-state index contributed by atoms with van der Waals surface area (Å²) in [7, 11) is -3.07. The first-order valence-corrected chi connectivity index (χ1v) is 12.8. The smallest absolute Gasteiger partial charge is 0.173 e. The van der Waals surface area contributed by atoms with Crippen molar-refractivity contribution in [2.45, 2.75) is 38.8 Å². The molecule has 0 saturated carbocycles. The van der Waals surface area contributed by atoms with Crippen LogP contribution in [0, 0.1) is 0 Å². The summed E-state index contributed by atoms with van der Waals surface area (Å²) >= 11 is 0. The van der Waals surface area contributed by atoms with Gasteiger partial charge >= 0.3 is 0 Å². The molecule has 4 aromatic rings. The number of benzene rings is 4. The molecule has 1 aliphatic rings. The van der Waals surface area contributed by atoms with Crippen molar-refractivity contribution in [3.8, 4) is 0 Å². The zero-order valence-corrected chi connectivity index (χ0v) is 19.0. The minimum absolute atomic E-state index is 0.416. The highest BCUT2D eigenvalue weighted by molar-refractivity contribution is 7.85. The summed E-state index contributed by atoms with van der Waals surface area (Å²) in [5.41, 5.74) is 1.15. The standard InChI is InChI=1S/C28H28NOP/c1-21-17-18-22(2)29(21)28-26-16-10-9-11-23(26)19-20-27(28)31(30,24-12-5-3-6-13-24)25-14-7-4-8-15-25/h3-16,19-22H,17-18H2,1-2H3. The van der Waals surface area contributed by atoms with Crippen LogP contribution in [-0.4, -0.2) is 12.1 Å². The summed E-state index contributed by atoms with van der Waals surface area (Å²) in [6.45, 7) is 4.59. The third-order valence-electron chi connectivity index (χ3n) is 6.67. The first-order chi connectivity index (χ1) is 15.1. The van der Waals surface area contributed by atoms with Crippen LogP contribution in [0.1, 0.15) is 26.7 Å². The quantitative estimate of drug-likeness (QED) is 0.382. The number of rotatable bonds is 4. The molecular formula is C28H28NOP. The number of hydrogen-bond acceptors (Lipinski definition) is 2. The average Bonchev–Trinajstić information content (AvgIpc) is 3.16. The van der Waals surface area contributed by atoms with Crippen LogP contribution in [0.15, 0.2) is 97.1 Å². The molecule has 0 radical (unpaired) electrons. The van der Waals surface area contributed by atoms with Crippen LogP contribution in [0.5, 0.6) is 0 Å². The van der Waals surface area contributed by atoms with Gasteiger partial charge in [-0.3, -0.25) is 0 Å². The van der Waals surface area contributed by atoms with Crippen LogP contribution in [0.4, 0.5) is 5.69 Å². The first-order valence-electron chi connectivity index (χ1n) is 11.1. The van der Waals surface area contributed by atoms with E-state index < -0.39 is 7.14 Å². The van der Waals surface area contributed by atoms with E-state index in [2.05, 4.69) is 55.1 Å². The van der Waals surface area contributed by atoms with E-state index in [1.807, 2.05) is 60.7 Å². The third kappa shape index (κ3) is 3.30. The fraction of sp³-hybridized carbons (Fsp3) is 0.214. The minimum atomic E-state index is -3.07. The Morgan fingerprint density at radius 2 is 1.19 bits per heavy atom. The average molecular weight is 426 g/mol. The van der Waals surface area contributed by atoms with Gasteiger partial charge in [0, 0.05) is 33.4 Å². The van der Waals surface area contributed by atoms with Gasteiger partial charge in [-0.15, -0.1) is 0 Å². The zero-order chi connectivity index (χ0) is 21.4. The van der Waals surface area contributed by atoms with Crippen LogP contribution in [0.25, 0.3) is 10.8 Å². The number of hydrogen-bond donors (Lipinski definition) is 0. The molecule has 0 amide bonds. The van der Waals surface area contributed by atoms with Gasteiger partial charge in [0.15, 0.2) is 7.14 Å². The molecule has 0 bridgehead atoms. The number of nitrogens with zero attached hydrogens (tertiary/aromatic N) is 1. The van der Waals surface area contributed by atoms with E-state index in [0.717, 1.165) is 34.4 Å². The Morgan fingerprint density at radius 1 is 0.677 bits per heavy atom. The van der Waals surface area contributed by atoms with Crippen LogP contribution < -0.4 is 20.8 Å². The van der Waals surface area contributed by atoms with Gasteiger partial charge in [0.05, 0.1) is 5.69 Å². The lowest BCUT2D eigenvalue weighted by Crippen LogP contribution is -2.38. The van der Waals surface area contributed by atoms with Gasteiger partial charge in [0.2, 0.25) is 0 Å². The van der Waals surface area contributed by atoms with Crippen LogP contribution in [-0.2, 0) is 4.57 Å². The fourth-order valence-corrected chi connectivity index (χ4v) is 7.97. The molecule has 1 aliphatic heterocycles. The van der Waals surface area contributed by atoms with Gasteiger partial charge in [0.25, 0.3) is 0 Å². The van der Waals surface area contributed by atoms with Crippen molar-refractivity contribution in [3.05, 3.63) is 97.1 Å². The molecule has 0 N–H and O–H groups in total. The molecule has 5 rings (SSSR count). The molecule has 2 nitrogen and oxygen atoms in total. The lowest BCUT2D eigenvalue weighted by molar-refractivity contribution is 0.592. The summed E-state index contributed by atoms with van der Waals surface area (Å²) in [4.78, 5) is 2.52. The lowest BCUT2D eigenvalue weighted by Gasteiger charge is -2.34. The molecule has 0 spiro atoms. The maximum absolute atomic E-state index is 15.2. The number of fused-ring (bicyclic) bond motifs is 1. The summed E-state index contributed by atoms with van der Waals surface area (Å²) in [5, 5.41) is 5.10. The summed E-state index contributed by atoms with van der Waals surface area (Å²) in [5.74, 6) is 0. The fourth-order valence-electron chi connectivity index (χ4n) is 5.11. The van der Waals surface area contributed by atoms with Crippen molar-refractivity contribution in [2.75, 3.05) is 4.90 Å². The SMILES string of the molecule is CC1CCC(C)N1c1c(P(=O)(c2ccccc2)c2ccccc2)ccc2ccccc12. The molecule has 4 aromatic carbocycles. The normalized spacial score (nSPS) is 19.1. The molecule has 2 atom stereocenters. The molecule has 1 saturated heterocycles. The van der Waals surface area contributed by atoms with Crippen molar-refractivity contribution in [1.82, 2.24) is 0 Å². The topological polar surface area (TPSA) is 20.3 Å². The van der Waals surface area contributed by atoms with Gasteiger partial charge in [0.1, 0.15) is 0 Å². The minimum Gasteiger partial charge on any atom is -0.365 e. The maximum atomic E-state index is 15.2. The van der Waals surface area contributed by atoms with E-state index in [1.54, 1.807) is 0 Å². The molecule has 156 valence electrons. The molecule has 1 heterocycles. The first kappa shape index (κ1) is 20.1. The molecule has 1 fully saturated rings. The van der Waals surface area contributed by atoms with Crippen molar-refractivity contribution in [3.63, 3.8) is 0 Å². The van der Waals surface area contributed by atoms with Crippen molar-refractivity contribution >= 4 is 39.5 Å². The van der Waals surface area contributed by atoms with E-state index in [0.29, 0.717) is 12.1 Å². The van der Waals surface area contributed by atoms with E-state index in [-0.39, 0.29) is 0 Å². The zero-order valence-electron chi connectivity index (χ0n) is 18.1. The van der Waals surface area contributed by atoms with Crippen molar-refractivity contribution in [1.29, 1.82) is 0 Å². The second-order valence-corrected chi connectivity index (χ2v) is 11.4. The van der Waals surface area contributed by atoms with Gasteiger partial charge in [-0.2, -0.15) is 0 Å². The highest BCUT2D eigenvalue weighted by atomic mass is 31.2. The van der Waals surface area contributed by atoms with Crippen LogP contribution >= 0.6 is 7.14 Å². The Hall–Kier alpha value is -2.83. The maximum Gasteiger partial charge on any atom is 0.173 e. The van der Waals surface area contributed by atoms with Crippen LogP contribution in [0.3, 0.4) is 0 Å². The van der Waals surface area contributed by atoms with Gasteiger partial charge in [-0.05, 0) is 38.1 Å². The van der Waals surface area contributed by atoms with Gasteiger partial charge < -0.3 is 9.46 Å². The Morgan fingerprint density at radius 3 is 1.77 bits per heavy atom. The second-order valence-electron chi connectivity index (χ2n) is 8.62. The molecule has 2 unspecified atom stereocenters.